The average molecular weight is 184 g/mol. The number of hydrogen-bond donors (Lipinski definition) is 0. The quantitative estimate of drug-likeness (QED) is 0.496. The Balaban J connectivity index is 0.000000561. The molecule has 1 rings (SSSR count). The molecule has 0 bridgehead atoms. The molecule has 12 heavy (non-hydrogen) atoms. The van der Waals surface area contributed by atoms with E-state index in [4.69, 9.17) is 0 Å². The van der Waals surface area contributed by atoms with Crippen LogP contribution in [0.5, 0.6) is 0 Å². The maximum atomic E-state index is 4.24. The minimum atomic E-state index is 0.850. The maximum Gasteiger partial charge on any atom is 0.187 e. The molecule has 0 atom stereocenters. The molecule has 0 N–H and O–H groups in total. The lowest BCUT2D eigenvalue weighted by molar-refractivity contribution is 0.915. The van der Waals surface area contributed by atoms with E-state index in [9.17, 15) is 0 Å². The summed E-state index contributed by atoms with van der Waals surface area (Å²) in [5.41, 5.74) is 2.22. The highest BCUT2D eigenvalue weighted by Crippen LogP contribution is 2.09. The Labute approximate surface area is 78.8 Å². The van der Waals surface area contributed by atoms with E-state index in [0.29, 0.717) is 0 Å². The lowest BCUT2D eigenvalue weighted by Crippen LogP contribution is -1.91. The lowest BCUT2D eigenvalue weighted by Gasteiger charge is -1.98. The molecule has 2 nitrogen and oxygen atoms in total. The van der Waals surface area contributed by atoms with Crippen LogP contribution < -0.4 is 0 Å². The van der Waals surface area contributed by atoms with Gasteiger partial charge in [-0.05, 0) is 25.7 Å². The fraction of sp³-hybridized carbons (Fsp3) is 0.556. The van der Waals surface area contributed by atoms with Crippen LogP contribution in [0, 0.1) is 13.8 Å². The fourth-order valence-electron chi connectivity index (χ4n) is 0.604. The molecule has 0 radical (unpaired) electrons. The van der Waals surface area contributed by atoms with Crippen molar-refractivity contribution in [1.29, 1.82) is 0 Å². The summed E-state index contributed by atoms with van der Waals surface area (Å²) in [6, 6.07) is 0. The number of aromatic nitrogens is 2. The molecule has 0 aromatic carbocycles. The van der Waals surface area contributed by atoms with Gasteiger partial charge in [-0.2, -0.15) is 0 Å². The monoisotopic (exact) mass is 184 g/mol. The van der Waals surface area contributed by atoms with Crippen LogP contribution in [0.15, 0.2) is 11.4 Å². The summed E-state index contributed by atoms with van der Waals surface area (Å²) in [5, 5.41) is 0.850. The summed E-state index contributed by atoms with van der Waals surface area (Å²) in [5.74, 6) is 0. The highest BCUT2D eigenvalue weighted by atomic mass is 32.2. The first kappa shape index (κ1) is 11.4. The molecule has 0 aliphatic carbocycles. The predicted molar refractivity (Wildman–Crippen MR) is 54.6 cm³/mol. The zero-order chi connectivity index (χ0) is 9.56. The van der Waals surface area contributed by atoms with Gasteiger partial charge in [0.1, 0.15) is 0 Å². The van der Waals surface area contributed by atoms with Crippen LogP contribution in [0.25, 0.3) is 0 Å². The van der Waals surface area contributed by atoms with Crippen molar-refractivity contribution < 1.29 is 0 Å². The number of rotatable bonds is 1. The van der Waals surface area contributed by atoms with Gasteiger partial charge < -0.3 is 0 Å². The normalized spacial score (nSPS) is 8.75. The SMILES string of the molecule is CC.CSc1ncc(C)c(C)n1. The topological polar surface area (TPSA) is 25.8 Å². The highest BCUT2D eigenvalue weighted by Gasteiger charge is 1.95. The van der Waals surface area contributed by atoms with Gasteiger partial charge >= 0.3 is 0 Å². The highest BCUT2D eigenvalue weighted by molar-refractivity contribution is 7.98. The standard InChI is InChI=1S/C7H10N2S.C2H6/c1-5-4-8-7(10-3)9-6(5)2;1-2/h4H,1-3H3;1-2H3. The zero-order valence-electron chi connectivity index (χ0n) is 8.38. The van der Waals surface area contributed by atoms with E-state index >= 15 is 0 Å². The van der Waals surface area contributed by atoms with Crippen LogP contribution >= 0.6 is 11.8 Å². The Bertz CT molecular complexity index is 236. The molecular weight excluding hydrogens is 168 g/mol. The number of thioether (sulfide) groups is 1. The molecule has 1 aromatic rings. The third-order valence-corrected chi connectivity index (χ3v) is 1.95. The molecule has 0 spiro atoms. The smallest absolute Gasteiger partial charge is 0.187 e. The molecule has 3 heteroatoms. The first-order valence-corrected chi connectivity index (χ1v) is 5.30. The maximum absolute atomic E-state index is 4.24. The van der Waals surface area contributed by atoms with Crippen LogP contribution in [-0.4, -0.2) is 16.2 Å². The third-order valence-electron chi connectivity index (χ3n) is 1.39. The molecular formula is C9H16N2S. The molecule has 0 aliphatic rings. The van der Waals surface area contributed by atoms with Crippen molar-refractivity contribution in [2.75, 3.05) is 6.26 Å². The molecule has 0 amide bonds. The van der Waals surface area contributed by atoms with E-state index in [0.717, 1.165) is 16.4 Å². The summed E-state index contributed by atoms with van der Waals surface area (Å²) in [6.45, 7) is 8.01. The molecule has 0 fully saturated rings. The average Bonchev–Trinajstić information content (AvgIpc) is 2.13. The van der Waals surface area contributed by atoms with Crippen molar-refractivity contribution in [2.24, 2.45) is 0 Å². The van der Waals surface area contributed by atoms with Gasteiger partial charge in [-0.25, -0.2) is 9.97 Å². The van der Waals surface area contributed by atoms with Gasteiger partial charge in [0.15, 0.2) is 5.16 Å². The number of hydrogen-bond acceptors (Lipinski definition) is 3. The largest absolute Gasteiger partial charge is 0.231 e. The summed E-state index contributed by atoms with van der Waals surface area (Å²) < 4.78 is 0. The van der Waals surface area contributed by atoms with Gasteiger partial charge in [0.25, 0.3) is 0 Å². The van der Waals surface area contributed by atoms with E-state index in [1.165, 1.54) is 0 Å². The summed E-state index contributed by atoms with van der Waals surface area (Å²) in [6.07, 6.45) is 3.83. The van der Waals surface area contributed by atoms with Crippen molar-refractivity contribution >= 4 is 11.8 Å². The fourth-order valence-corrected chi connectivity index (χ4v) is 0.991. The van der Waals surface area contributed by atoms with Gasteiger partial charge in [0.2, 0.25) is 0 Å². The Morgan fingerprint density at radius 1 is 1.25 bits per heavy atom. The molecule has 0 saturated heterocycles. The van der Waals surface area contributed by atoms with Gasteiger partial charge in [0.05, 0.1) is 0 Å². The van der Waals surface area contributed by atoms with Crippen molar-refractivity contribution in [2.45, 2.75) is 32.9 Å². The van der Waals surface area contributed by atoms with E-state index in [-0.39, 0.29) is 0 Å². The molecule has 1 aromatic heterocycles. The number of aryl methyl sites for hydroxylation is 2. The van der Waals surface area contributed by atoms with Crippen LogP contribution in [0.4, 0.5) is 0 Å². The van der Waals surface area contributed by atoms with E-state index in [2.05, 4.69) is 9.97 Å². The van der Waals surface area contributed by atoms with E-state index in [1.807, 2.05) is 40.1 Å². The second-order valence-corrected chi connectivity index (χ2v) is 2.90. The molecule has 0 saturated carbocycles. The predicted octanol–water partition coefficient (Wildman–Crippen LogP) is 2.84. The molecule has 0 unspecified atom stereocenters. The minimum Gasteiger partial charge on any atom is -0.231 e. The Kier molecular flexibility index (Phi) is 5.72. The lowest BCUT2D eigenvalue weighted by atomic mass is 10.3. The first-order valence-electron chi connectivity index (χ1n) is 4.08. The second-order valence-electron chi connectivity index (χ2n) is 2.13. The van der Waals surface area contributed by atoms with Crippen LogP contribution in [0.1, 0.15) is 25.1 Å². The minimum absolute atomic E-state index is 0.850. The summed E-state index contributed by atoms with van der Waals surface area (Å²) >= 11 is 1.57. The van der Waals surface area contributed by atoms with Gasteiger partial charge in [-0.15, -0.1) is 0 Å². The van der Waals surface area contributed by atoms with Crippen LogP contribution in [0.3, 0.4) is 0 Å². The van der Waals surface area contributed by atoms with Crippen molar-refractivity contribution in [1.82, 2.24) is 9.97 Å². The van der Waals surface area contributed by atoms with Crippen LogP contribution in [0.2, 0.25) is 0 Å². The van der Waals surface area contributed by atoms with Gasteiger partial charge in [-0.3, -0.25) is 0 Å². The molecule has 0 aliphatic heterocycles. The molecule has 1 heterocycles. The summed E-state index contributed by atoms with van der Waals surface area (Å²) in [4.78, 5) is 8.35. The van der Waals surface area contributed by atoms with Gasteiger partial charge in [-0.1, -0.05) is 25.6 Å². The summed E-state index contributed by atoms with van der Waals surface area (Å²) in [7, 11) is 0. The van der Waals surface area contributed by atoms with Crippen molar-refractivity contribution in [3.05, 3.63) is 17.5 Å². The Hall–Kier alpha value is -0.570. The number of nitrogens with zero attached hydrogens (tertiary/aromatic N) is 2. The Morgan fingerprint density at radius 2 is 1.83 bits per heavy atom. The van der Waals surface area contributed by atoms with Crippen molar-refractivity contribution in [3.63, 3.8) is 0 Å². The van der Waals surface area contributed by atoms with E-state index < -0.39 is 0 Å². The molecule has 68 valence electrons. The van der Waals surface area contributed by atoms with Crippen molar-refractivity contribution in [3.8, 4) is 0 Å². The van der Waals surface area contributed by atoms with Gasteiger partial charge in [0, 0.05) is 11.9 Å². The zero-order valence-corrected chi connectivity index (χ0v) is 9.20. The van der Waals surface area contributed by atoms with Crippen LogP contribution in [-0.2, 0) is 0 Å². The third kappa shape index (κ3) is 3.22. The Morgan fingerprint density at radius 3 is 2.25 bits per heavy atom. The first-order chi connectivity index (χ1) is 5.74. The van der Waals surface area contributed by atoms with E-state index in [1.54, 1.807) is 11.8 Å². The second kappa shape index (κ2) is 6.00.